The quantitative estimate of drug-likeness (QED) is 0.826. The zero-order chi connectivity index (χ0) is 15.5. The molecular weight excluding hydrogens is 297 g/mol. The standard InChI is InChI=1S/C15H27F3N2S/c1-12(2)9-13-10-20(7-8-21-15(16,17)18)14(11-19-13)5-3-4-6-14/h12-13,19H,3-11H2,1-2H3. The molecule has 0 bridgehead atoms. The number of alkyl halides is 3. The summed E-state index contributed by atoms with van der Waals surface area (Å²) in [6.45, 7) is 6.80. The summed E-state index contributed by atoms with van der Waals surface area (Å²) in [4.78, 5) is 2.36. The van der Waals surface area contributed by atoms with Crippen LogP contribution in [0.4, 0.5) is 13.2 Å². The van der Waals surface area contributed by atoms with Crippen molar-refractivity contribution in [1.82, 2.24) is 10.2 Å². The van der Waals surface area contributed by atoms with Gasteiger partial charge in [0.1, 0.15) is 0 Å². The van der Waals surface area contributed by atoms with Gasteiger partial charge in [0.2, 0.25) is 0 Å². The molecule has 0 aromatic carbocycles. The Kier molecular flexibility index (Phi) is 5.88. The van der Waals surface area contributed by atoms with Crippen molar-refractivity contribution in [3.63, 3.8) is 0 Å². The Morgan fingerprint density at radius 3 is 2.52 bits per heavy atom. The summed E-state index contributed by atoms with van der Waals surface area (Å²) in [5.74, 6) is 0.770. The fourth-order valence-corrected chi connectivity index (χ4v) is 4.37. The number of halogens is 3. The molecule has 1 saturated heterocycles. The molecule has 1 atom stereocenters. The van der Waals surface area contributed by atoms with Crippen LogP contribution in [0.2, 0.25) is 0 Å². The largest absolute Gasteiger partial charge is 0.441 e. The van der Waals surface area contributed by atoms with Gasteiger partial charge in [0.15, 0.2) is 0 Å². The van der Waals surface area contributed by atoms with Gasteiger partial charge in [0.05, 0.1) is 0 Å². The van der Waals surface area contributed by atoms with Crippen LogP contribution in [0.1, 0.15) is 46.0 Å². The molecule has 1 N–H and O–H groups in total. The fraction of sp³-hybridized carbons (Fsp3) is 1.00. The number of hydrogen-bond donors (Lipinski definition) is 1. The second-order valence-electron chi connectivity index (χ2n) is 6.88. The summed E-state index contributed by atoms with van der Waals surface area (Å²) in [7, 11) is 0. The Morgan fingerprint density at radius 1 is 1.29 bits per heavy atom. The van der Waals surface area contributed by atoms with E-state index in [-0.39, 0.29) is 23.1 Å². The molecule has 1 heterocycles. The molecular formula is C15H27F3N2S. The summed E-state index contributed by atoms with van der Waals surface area (Å²) in [5, 5.41) is 3.65. The van der Waals surface area contributed by atoms with Crippen LogP contribution in [-0.4, -0.2) is 47.4 Å². The van der Waals surface area contributed by atoms with Crippen LogP contribution in [0.25, 0.3) is 0 Å². The van der Waals surface area contributed by atoms with Crippen LogP contribution < -0.4 is 5.32 Å². The highest BCUT2D eigenvalue weighted by molar-refractivity contribution is 8.00. The van der Waals surface area contributed by atoms with Gasteiger partial charge in [-0.25, -0.2) is 0 Å². The molecule has 2 aliphatic rings. The third-order valence-electron chi connectivity index (χ3n) is 4.75. The number of thioether (sulfide) groups is 1. The lowest BCUT2D eigenvalue weighted by Gasteiger charge is -2.49. The molecule has 0 aromatic heterocycles. The SMILES string of the molecule is CC(C)CC1CN(CCSC(F)(F)F)C2(CCCC2)CN1. The van der Waals surface area contributed by atoms with E-state index in [9.17, 15) is 13.2 Å². The molecule has 1 saturated carbocycles. The van der Waals surface area contributed by atoms with E-state index in [4.69, 9.17) is 0 Å². The maximum Gasteiger partial charge on any atom is 0.441 e. The third kappa shape index (κ3) is 5.03. The average Bonchev–Trinajstić information content (AvgIpc) is 2.81. The summed E-state index contributed by atoms with van der Waals surface area (Å²) >= 11 is 0.122. The van der Waals surface area contributed by atoms with Gasteiger partial charge in [0, 0.05) is 37.0 Å². The Balaban J connectivity index is 1.93. The highest BCUT2D eigenvalue weighted by Crippen LogP contribution is 2.38. The van der Waals surface area contributed by atoms with Crippen LogP contribution in [0, 0.1) is 5.92 Å². The predicted octanol–water partition coefficient (Wildman–Crippen LogP) is 3.87. The molecule has 0 amide bonds. The van der Waals surface area contributed by atoms with E-state index in [2.05, 4.69) is 24.1 Å². The van der Waals surface area contributed by atoms with Crippen LogP contribution in [0.15, 0.2) is 0 Å². The number of nitrogens with zero attached hydrogens (tertiary/aromatic N) is 1. The first-order valence-corrected chi connectivity index (χ1v) is 8.98. The summed E-state index contributed by atoms with van der Waals surface area (Å²) < 4.78 is 37.1. The van der Waals surface area contributed by atoms with E-state index < -0.39 is 5.51 Å². The van der Waals surface area contributed by atoms with Gasteiger partial charge >= 0.3 is 5.51 Å². The van der Waals surface area contributed by atoms with E-state index in [0.29, 0.717) is 18.5 Å². The molecule has 6 heteroatoms. The number of rotatable bonds is 5. The molecule has 124 valence electrons. The fourth-order valence-electron chi connectivity index (χ4n) is 3.82. The van der Waals surface area contributed by atoms with Crippen molar-refractivity contribution >= 4 is 11.8 Å². The Morgan fingerprint density at radius 2 is 1.95 bits per heavy atom. The minimum Gasteiger partial charge on any atom is -0.311 e. The van der Waals surface area contributed by atoms with Crippen LogP contribution >= 0.6 is 11.8 Å². The van der Waals surface area contributed by atoms with E-state index in [0.717, 1.165) is 32.4 Å². The molecule has 2 rings (SSSR count). The predicted molar refractivity (Wildman–Crippen MR) is 82.5 cm³/mol. The van der Waals surface area contributed by atoms with Gasteiger partial charge in [-0.05, 0) is 36.9 Å². The number of hydrogen-bond acceptors (Lipinski definition) is 3. The van der Waals surface area contributed by atoms with Crippen molar-refractivity contribution in [2.24, 2.45) is 5.92 Å². The molecule has 2 nitrogen and oxygen atoms in total. The lowest BCUT2D eigenvalue weighted by molar-refractivity contribution is -0.0332. The zero-order valence-corrected chi connectivity index (χ0v) is 13.8. The lowest BCUT2D eigenvalue weighted by Crippen LogP contribution is -2.64. The summed E-state index contributed by atoms with van der Waals surface area (Å²) in [6.07, 6.45) is 5.77. The van der Waals surface area contributed by atoms with E-state index in [1.54, 1.807) is 0 Å². The maximum absolute atomic E-state index is 12.4. The maximum atomic E-state index is 12.4. The molecule has 1 aliphatic heterocycles. The van der Waals surface area contributed by atoms with Gasteiger partial charge < -0.3 is 5.32 Å². The number of nitrogens with one attached hydrogen (secondary N) is 1. The zero-order valence-electron chi connectivity index (χ0n) is 13.0. The minimum atomic E-state index is -4.10. The van der Waals surface area contributed by atoms with Gasteiger partial charge in [-0.3, -0.25) is 4.90 Å². The summed E-state index contributed by atoms with van der Waals surface area (Å²) in [5.41, 5.74) is -3.98. The Labute approximate surface area is 130 Å². The van der Waals surface area contributed by atoms with Crippen LogP contribution in [0.5, 0.6) is 0 Å². The van der Waals surface area contributed by atoms with Crippen molar-refractivity contribution in [2.75, 3.05) is 25.4 Å². The normalized spacial score (nSPS) is 26.9. The van der Waals surface area contributed by atoms with E-state index in [1.165, 1.54) is 12.8 Å². The van der Waals surface area contributed by atoms with Gasteiger partial charge in [-0.2, -0.15) is 13.2 Å². The molecule has 1 spiro atoms. The summed E-state index contributed by atoms with van der Waals surface area (Å²) in [6, 6.07) is 0.423. The molecule has 0 radical (unpaired) electrons. The Bertz CT molecular complexity index is 327. The second-order valence-corrected chi connectivity index (χ2v) is 8.04. The smallest absolute Gasteiger partial charge is 0.311 e. The molecule has 1 unspecified atom stereocenters. The number of piperazine rings is 1. The van der Waals surface area contributed by atoms with Crippen LogP contribution in [-0.2, 0) is 0 Å². The molecule has 2 fully saturated rings. The molecule has 1 aliphatic carbocycles. The Hall–Kier alpha value is 0.0600. The first-order chi connectivity index (χ1) is 9.81. The second kappa shape index (κ2) is 7.09. The van der Waals surface area contributed by atoms with Gasteiger partial charge in [-0.1, -0.05) is 26.7 Å². The molecule has 0 aromatic rings. The van der Waals surface area contributed by atoms with Crippen molar-refractivity contribution in [2.45, 2.75) is 63.0 Å². The van der Waals surface area contributed by atoms with Gasteiger partial charge in [0.25, 0.3) is 0 Å². The van der Waals surface area contributed by atoms with E-state index >= 15 is 0 Å². The van der Waals surface area contributed by atoms with Crippen LogP contribution in [0.3, 0.4) is 0 Å². The van der Waals surface area contributed by atoms with Crippen molar-refractivity contribution in [1.29, 1.82) is 0 Å². The topological polar surface area (TPSA) is 15.3 Å². The van der Waals surface area contributed by atoms with E-state index in [1.807, 2.05) is 0 Å². The van der Waals surface area contributed by atoms with Crippen molar-refractivity contribution in [3.8, 4) is 0 Å². The molecule has 21 heavy (non-hydrogen) atoms. The highest BCUT2D eigenvalue weighted by atomic mass is 32.2. The highest BCUT2D eigenvalue weighted by Gasteiger charge is 2.43. The first-order valence-electron chi connectivity index (χ1n) is 8.00. The minimum absolute atomic E-state index is 0.122. The third-order valence-corrected chi connectivity index (χ3v) is 5.46. The average molecular weight is 324 g/mol. The monoisotopic (exact) mass is 324 g/mol. The van der Waals surface area contributed by atoms with Gasteiger partial charge in [-0.15, -0.1) is 0 Å². The van der Waals surface area contributed by atoms with Crippen molar-refractivity contribution < 1.29 is 13.2 Å². The van der Waals surface area contributed by atoms with Crippen molar-refractivity contribution in [3.05, 3.63) is 0 Å². The first kappa shape index (κ1) is 17.4. The lowest BCUT2D eigenvalue weighted by atomic mass is 9.89.